The van der Waals surface area contributed by atoms with E-state index in [-0.39, 0.29) is 12.3 Å². The lowest BCUT2D eigenvalue weighted by molar-refractivity contribution is -0.153. The van der Waals surface area contributed by atoms with Crippen LogP contribution in [0.2, 0.25) is 0 Å². The number of nitrogen functional groups attached to an aromatic ring is 1. The third-order valence-electron chi connectivity index (χ3n) is 3.93. The van der Waals surface area contributed by atoms with Crippen molar-refractivity contribution in [3.8, 4) is 0 Å². The number of ketones is 1. The molecule has 3 rings (SSSR count). The van der Waals surface area contributed by atoms with Crippen molar-refractivity contribution in [3.05, 3.63) is 71.1 Å². The van der Waals surface area contributed by atoms with Crippen LogP contribution < -0.4 is 11.1 Å². The highest BCUT2D eigenvalue weighted by atomic mass is 19.4. The number of anilines is 2. The zero-order valence-electron chi connectivity index (χ0n) is 14.9. The van der Waals surface area contributed by atoms with Crippen molar-refractivity contribution in [2.75, 3.05) is 11.1 Å². The Bertz CT molecular complexity index is 999. The maximum absolute atomic E-state index is 13.0. The number of hydrogen-bond acceptors (Lipinski definition) is 6. The normalized spacial score (nSPS) is 11.4. The number of alkyl halides is 3. The molecule has 0 saturated heterocycles. The Morgan fingerprint density at radius 2 is 1.96 bits per heavy atom. The molecule has 28 heavy (non-hydrogen) atoms. The molecule has 0 saturated carbocycles. The molecule has 0 aliphatic rings. The Labute approximate surface area is 158 Å². The summed E-state index contributed by atoms with van der Waals surface area (Å²) in [7, 11) is 0. The Hall–Kier alpha value is -3.36. The number of pyridine rings is 1. The minimum absolute atomic E-state index is 0.206. The Kier molecular flexibility index (Phi) is 5.34. The Balaban J connectivity index is 1.73. The van der Waals surface area contributed by atoms with Gasteiger partial charge in [-0.05, 0) is 23.3 Å². The lowest BCUT2D eigenvalue weighted by Crippen LogP contribution is -2.13. The van der Waals surface area contributed by atoms with Crippen molar-refractivity contribution < 1.29 is 22.4 Å². The molecule has 3 N–H and O–H groups in total. The topological polar surface area (TPSA) is 94.0 Å². The number of aromatic nitrogens is 2. The first-order valence-corrected chi connectivity index (χ1v) is 8.34. The number of nitrogens with one attached hydrogen (secondary N) is 1. The molecule has 0 radical (unpaired) electrons. The molecule has 9 heteroatoms. The second-order valence-corrected chi connectivity index (χ2v) is 6.12. The predicted molar refractivity (Wildman–Crippen MR) is 96.7 cm³/mol. The summed E-state index contributed by atoms with van der Waals surface area (Å²) < 4.78 is 43.6. The van der Waals surface area contributed by atoms with Gasteiger partial charge in [0.15, 0.2) is 17.4 Å². The van der Waals surface area contributed by atoms with E-state index >= 15 is 0 Å². The molecule has 2 heterocycles. The van der Waals surface area contributed by atoms with Gasteiger partial charge in [-0.15, -0.1) is 0 Å². The van der Waals surface area contributed by atoms with Crippen LogP contribution in [-0.4, -0.2) is 15.8 Å². The third kappa shape index (κ3) is 4.48. The van der Waals surface area contributed by atoms with Gasteiger partial charge in [0.2, 0.25) is 5.76 Å². The van der Waals surface area contributed by atoms with Gasteiger partial charge in [0.1, 0.15) is 5.82 Å². The number of hydrogen-bond donors (Lipinski definition) is 2. The van der Waals surface area contributed by atoms with E-state index in [1.807, 2.05) is 6.07 Å². The fourth-order valence-electron chi connectivity index (χ4n) is 2.69. The first-order valence-electron chi connectivity index (χ1n) is 8.34. The molecule has 0 aliphatic heterocycles. The van der Waals surface area contributed by atoms with Gasteiger partial charge in [-0.25, -0.2) is 9.97 Å². The molecule has 0 atom stereocenters. The average Bonchev–Trinajstić information content (AvgIpc) is 3.04. The van der Waals surface area contributed by atoms with E-state index in [0.717, 1.165) is 5.56 Å². The van der Waals surface area contributed by atoms with Crippen LogP contribution >= 0.6 is 0 Å². The van der Waals surface area contributed by atoms with Crippen molar-refractivity contribution in [3.63, 3.8) is 0 Å². The lowest BCUT2D eigenvalue weighted by Gasteiger charge is -2.09. The number of carbonyl (C=O) groups is 1. The van der Waals surface area contributed by atoms with Gasteiger partial charge < -0.3 is 15.5 Å². The maximum atomic E-state index is 13.0. The number of benzene rings is 1. The monoisotopic (exact) mass is 390 g/mol. The number of oxazole rings is 1. The molecule has 0 spiro atoms. The Morgan fingerprint density at radius 1 is 1.21 bits per heavy atom. The van der Waals surface area contributed by atoms with E-state index in [9.17, 15) is 18.0 Å². The van der Waals surface area contributed by atoms with Gasteiger partial charge in [-0.2, -0.15) is 13.2 Å². The quantitative estimate of drug-likeness (QED) is 0.618. The molecule has 3 aromatic rings. The summed E-state index contributed by atoms with van der Waals surface area (Å²) in [5.74, 6) is -1.97. The van der Waals surface area contributed by atoms with Crippen molar-refractivity contribution >= 4 is 17.3 Å². The van der Waals surface area contributed by atoms with Crippen LogP contribution in [0.1, 0.15) is 33.3 Å². The first-order chi connectivity index (χ1) is 13.2. The standard InChI is InChI=1S/C19H17F3N4O2/c1-11-26-16(17(28-11)19(20,21)22)15(27)9-12-4-2-5-13(8-12)10-25-14-6-3-7-24-18(14)23/h2-8,25H,9-10H2,1H3,(H2,23,24). The van der Waals surface area contributed by atoms with E-state index in [2.05, 4.69) is 19.7 Å². The van der Waals surface area contributed by atoms with Crippen LogP contribution in [0.15, 0.2) is 47.0 Å². The zero-order chi connectivity index (χ0) is 20.3. The van der Waals surface area contributed by atoms with E-state index in [4.69, 9.17) is 5.73 Å². The molecule has 0 unspecified atom stereocenters. The third-order valence-corrected chi connectivity index (χ3v) is 3.93. The molecule has 0 aliphatic carbocycles. The molecule has 146 valence electrons. The fourth-order valence-corrected chi connectivity index (χ4v) is 2.69. The highest BCUT2D eigenvalue weighted by Gasteiger charge is 2.41. The highest BCUT2D eigenvalue weighted by Crippen LogP contribution is 2.33. The van der Waals surface area contributed by atoms with E-state index in [1.54, 1.807) is 36.5 Å². The molecule has 0 fully saturated rings. The van der Waals surface area contributed by atoms with Crippen LogP contribution in [0.4, 0.5) is 24.7 Å². The number of rotatable bonds is 6. The minimum atomic E-state index is -4.78. The molecule has 6 nitrogen and oxygen atoms in total. The molecule has 2 aromatic heterocycles. The summed E-state index contributed by atoms with van der Waals surface area (Å²) in [6.07, 6.45) is -3.42. The number of nitrogens with zero attached hydrogens (tertiary/aromatic N) is 2. The van der Waals surface area contributed by atoms with Gasteiger partial charge in [0.25, 0.3) is 0 Å². The highest BCUT2D eigenvalue weighted by molar-refractivity contribution is 5.96. The number of nitrogens with two attached hydrogens (primary N) is 1. The average molecular weight is 390 g/mol. The summed E-state index contributed by atoms with van der Waals surface area (Å²) in [5.41, 5.74) is 7.14. The summed E-state index contributed by atoms with van der Waals surface area (Å²) in [6, 6.07) is 10.5. The first kappa shape index (κ1) is 19.4. The van der Waals surface area contributed by atoms with Gasteiger partial charge in [-0.1, -0.05) is 24.3 Å². The zero-order valence-corrected chi connectivity index (χ0v) is 14.9. The molecule has 1 aromatic carbocycles. The SMILES string of the molecule is Cc1nc(C(=O)Cc2cccc(CNc3cccnc3N)c2)c(C(F)(F)F)o1. The minimum Gasteiger partial charge on any atom is -0.436 e. The predicted octanol–water partition coefficient (Wildman–Crippen LogP) is 4.02. The van der Waals surface area contributed by atoms with E-state index < -0.39 is 23.4 Å². The van der Waals surface area contributed by atoms with Gasteiger partial charge in [0, 0.05) is 26.1 Å². The molecular formula is C19H17F3N4O2. The molecule has 0 amide bonds. The lowest BCUT2D eigenvalue weighted by atomic mass is 10.0. The number of aryl methyl sites for hydroxylation is 1. The summed E-state index contributed by atoms with van der Waals surface area (Å²) in [4.78, 5) is 20.0. The maximum Gasteiger partial charge on any atom is 0.452 e. The second kappa shape index (κ2) is 7.71. The van der Waals surface area contributed by atoms with Crippen LogP contribution in [0.3, 0.4) is 0 Å². The van der Waals surface area contributed by atoms with Crippen molar-refractivity contribution in [1.82, 2.24) is 9.97 Å². The fraction of sp³-hybridized carbons (Fsp3) is 0.211. The van der Waals surface area contributed by atoms with E-state index in [1.165, 1.54) is 6.92 Å². The largest absolute Gasteiger partial charge is 0.452 e. The number of carbonyl (C=O) groups excluding carboxylic acids is 1. The summed E-state index contributed by atoms with van der Waals surface area (Å²) >= 11 is 0. The van der Waals surface area contributed by atoms with Crippen LogP contribution in [0.5, 0.6) is 0 Å². The van der Waals surface area contributed by atoms with Crippen LogP contribution in [0.25, 0.3) is 0 Å². The second-order valence-electron chi connectivity index (χ2n) is 6.12. The van der Waals surface area contributed by atoms with Gasteiger partial charge in [-0.3, -0.25) is 4.79 Å². The van der Waals surface area contributed by atoms with Gasteiger partial charge in [0.05, 0.1) is 5.69 Å². The van der Waals surface area contributed by atoms with Crippen LogP contribution in [0, 0.1) is 6.92 Å². The summed E-state index contributed by atoms with van der Waals surface area (Å²) in [5, 5.41) is 3.13. The number of Topliss-reactive ketones (excluding diaryl/α,β-unsaturated/α-hetero) is 1. The van der Waals surface area contributed by atoms with E-state index in [0.29, 0.717) is 23.6 Å². The molecule has 0 bridgehead atoms. The van der Waals surface area contributed by atoms with Crippen molar-refractivity contribution in [1.29, 1.82) is 0 Å². The smallest absolute Gasteiger partial charge is 0.436 e. The van der Waals surface area contributed by atoms with Gasteiger partial charge >= 0.3 is 6.18 Å². The Morgan fingerprint density at radius 3 is 2.68 bits per heavy atom. The number of halogens is 3. The molecular weight excluding hydrogens is 373 g/mol. The van der Waals surface area contributed by atoms with Crippen molar-refractivity contribution in [2.45, 2.75) is 26.1 Å². The van der Waals surface area contributed by atoms with Crippen LogP contribution in [-0.2, 0) is 19.1 Å². The summed E-state index contributed by atoms with van der Waals surface area (Å²) in [6.45, 7) is 1.68. The van der Waals surface area contributed by atoms with Crippen molar-refractivity contribution in [2.24, 2.45) is 0 Å².